The van der Waals surface area contributed by atoms with Gasteiger partial charge in [-0.25, -0.2) is 0 Å². The average Bonchev–Trinajstić information content (AvgIpc) is 2.59. The van der Waals surface area contributed by atoms with E-state index in [2.05, 4.69) is 28.2 Å². The lowest BCUT2D eigenvalue weighted by atomic mass is 10.1. The molecule has 126 valence electrons. The normalized spacial score (nSPS) is 10.7. The highest BCUT2D eigenvalue weighted by molar-refractivity contribution is 9.10. The summed E-state index contributed by atoms with van der Waals surface area (Å²) >= 11 is 3.44. The lowest BCUT2D eigenvalue weighted by Gasteiger charge is -2.10. The summed E-state index contributed by atoms with van der Waals surface area (Å²) < 4.78 is 11.3. The van der Waals surface area contributed by atoms with E-state index in [4.69, 9.17) is 9.47 Å². The van der Waals surface area contributed by atoms with Gasteiger partial charge in [0.25, 0.3) is 0 Å². The molecule has 0 heterocycles. The van der Waals surface area contributed by atoms with E-state index in [0.717, 1.165) is 27.7 Å². The molecule has 0 atom stereocenters. The van der Waals surface area contributed by atoms with Crippen LogP contribution in [-0.2, 0) is 11.2 Å². The molecule has 0 aliphatic heterocycles. The van der Waals surface area contributed by atoms with Gasteiger partial charge in [-0.05, 0) is 57.8 Å². The van der Waals surface area contributed by atoms with E-state index in [1.807, 2.05) is 36.4 Å². The van der Waals surface area contributed by atoms with Gasteiger partial charge in [-0.1, -0.05) is 25.1 Å². The van der Waals surface area contributed by atoms with Gasteiger partial charge in [0.2, 0.25) is 5.91 Å². The van der Waals surface area contributed by atoms with Gasteiger partial charge >= 0.3 is 0 Å². The van der Waals surface area contributed by atoms with Crippen LogP contribution in [0.5, 0.6) is 11.5 Å². The van der Waals surface area contributed by atoms with E-state index in [1.165, 1.54) is 6.08 Å². The summed E-state index contributed by atoms with van der Waals surface area (Å²) in [7, 11) is 3.16. The minimum absolute atomic E-state index is 0.179. The molecule has 2 rings (SSSR count). The van der Waals surface area contributed by atoms with Crippen LogP contribution in [0.4, 0.5) is 5.69 Å². The third kappa shape index (κ3) is 4.38. The predicted octanol–water partition coefficient (Wildman–Crippen LogP) is 4.68. The average molecular weight is 390 g/mol. The van der Waals surface area contributed by atoms with Crippen molar-refractivity contribution in [2.45, 2.75) is 13.3 Å². The first-order valence-corrected chi connectivity index (χ1v) is 8.36. The Morgan fingerprint density at radius 1 is 1.21 bits per heavy atom. The molecule has 0 aliphatic carbocycles. The third-order valence-corrected chi connectivity index (χ3v) is 4.13. The van der Waals surface area contributed by atoms with E-state index >= 15 is 0 Å². The van der Waals surface area contributed by atoms with Crippen LogP contribution in [0.3, 0.4) is 0 Å². The van der Waals surface area contributed by atoms with Crippen molar-refractivity contribution in [2.75, 3.05) is 19.5 Å². The number of hydrogen-bond acceptors (Lipinski definition) is 3. The Bertz CT molecular complexity index is 756. The number of anilines is 1. The van der Waals surface area contributed by atoms with Crippen LogP contribution in [0.2, 0.25) is 0 Å². The van der Waals surface area contributed by atoms with Crippen LogP contribution < -0.4 is 14.8 Å². The van der Waals surface area contributed by atoms with Gasteiger partial charge < -0.3 is 14.8 Å². The quantitative estimate of drug-likeness (QED) is 0.729. The summed E-state index contributed by atoms with van der Waals surface area (Å²) in [5.41, 5.74) is 2.77. The Morgan fingerprint density at radius 2 is 1.96 bits per heavy atom. The fourth-order valence-electron chi connectivity index (χ4n) is 2.33. The minimum atomic E-state index is -0.179. The smallest absolute Gasteiger partial charge is 0.248 e. The molecular formula is C19H20BrNO3. The minimum Gasteiger partial charge on any atom is -0.493 e. The summed E-state index contributed by atoms with van der Waals surface area (Å²) in [6.45, 7) is 2.06. The van der Waals surface area contributed by atoms with Crippen LogP contribution in [0, 0.1) is 0 Å². The zero-order chi connectivity index (χ0) is 17.5. The number of carbonyl (C=O) groups is 1. The van der Waals surface area contributed by atoms with Crippen LogP contribution in [0.25, 0.3) is 6.08 Å². The number of benzene rings is 2. The Balaban J connectivity index is 2.15. The number of halogens is 1. The van der Waals surface area contributed by atoms with E-state index in [-0.39, 0.29) is 5.91 Å². The van der Waals surface area contributed by atoms with Gasteiger partial charge in [0.05, 0.1) is 18.7 Å². The molecule has 2 aromatic rings. The van der Waals surface area contributed by atoms with Crippen LogP contribution in [0.1, 0.15) is 18.1 Å². The third-order valence-electron chi connectivity index (χ3n) is 3.54. The standard InChI is InChI=1S/C19H20BrNO3/c1-4-14-7-5-6-8-16(14)21-18(22)10-9-13-11-15(20)19(24-3)17(12-13)23-2/h5-12H,4H2,1-3H3,(H,21,22). The summed E-state index contributed by atoms with van der Waals surface area (Å²) in [6, 6.07) is 11.5. The van der Waals surface area contributed by atoms with Gasteiger partial charge in [-0.2, -0.15) is 0 Å². The molecule has 1 amide bonds. The summed E-state index contributed by atoms with van der Waals surface area (Å²) in [6.07, 6.45) is 4.10. The maximum Gasteiger partial charge on any atom is 0.248 e. The second-order valence-electron chi connectivity index (χ2n) is 5.07. The first-order valence-electron chi connectivity index (χ1n) is 7.57. The second-order valence-corrected chi connectivity index (χ2v) is 5.93. The molecule has 0 radical (unpaired) electrons. The molecule has 0 saturated heterocycles. The molecule has 0 saturated carbocycles. The number of para-hydroxylation sites is 1. The molecular weight excluding hydrogens is 370 g/mol. The fourth-order valence-corrected chi connectivity index (χ4v) is 2.95. The van der Waals surface area contributed by atoms with Crippen molar-refractivity contribution in [3.8, 4) is 11.5 Å². The van der Waals surface area contributed by atoms with Gasteiger partial charge in [0.1, 0.15) is 0 Å². The molecule has 0 bridgehead atoms. The van der Waals surface area contributed by atoms with Gasteiger partial charge in [-0.15, -0.1) is 0 Å². The molecule has 2 aromatic carbocycles. The maximum absolute atomic E-state index is 12.2. The molecule has 0 unspecified atom stereocenters. The number of methoxy groups -OCH3 is 2. The Morgan fingerprint density at radius 3 is 2.62 bits per heavy atom. The van der Waals surface area contributed by atoms with Crippen molar-refractivity contribution in [2.24, 2.45) is 0 Å². The van der Waals surface area contributed by atoms with E-state index in [1.54, 1.807) is 20.3 Å². The summed E-state index contributed by atoms with van der Waals surface area (Å²) in [4.78, 5) is 12.2. The van der Waals surface area contributed by atoms with Crippen molar-refractivity contribution in [1.82, 2.24) is 0 Å². The first-order chi connectivity index (χ1) is 11.6. The van der Waals surface area contributed by atoms with E-state index in [9.17, 15) is 4.79 Å². The van der Waals surface area contributed by atoms with E-state index < -0.39 is 0 Å². The zero-order valence-electron chi connectivity index (χ0n) is 13.9. The van der Waals surface area contributed by atoms with Crippen molar-refractivity contribution < 1.29 is 14.3 Å². The largest absolute Gasteiger partial charge is 0.493 e. The molecule has 5 heteroatoms. The molecule has 1 N–H and O–H groups in total. The molecule has 0 aromatic heterocycles. The first kappa shape index (κ1) is 18.1. The molecule has 0 spiro atoms. The number of amides is 1. The van der Waals surface area contributed by atoms with Gasteiger partial charge in [0.15, 0.2) is 11.5 Å². The molecule has 4 nitrogen and oxygen atoms in total. The lowest BCUT2D eigenvalue weighted by molar-refractivity contribution is -0.111. The van der Waals surface area contributed by atoms with Crippen molar-refractivity contribution in [3.05, 3.63) is 58.1 Å². The highest BCUT2D eigenvalue weighted by Gasteiger charge is 2.09. The highest BCUT2D eigenvalue weighted by Crippen LogP contribution is 2.36. The number of carbonyl (C=O) groups excluding carboxylic acids is 1. The maximum atomic E-state index is 12.2. The number of nitrogens with one attached hydrogen (secondary N) is 1. The van der Waals surface area contributed by atoms with Crippen LogP contribution in [0.15, 0.2) is 46.9 Å². The Hall–Kier alpha value is -2.27. The number of rotatable bonds is 6. The zero-order valence-corrected chi connectivity index (χ0v) is 15.5. The summed E-state index contributed by atoms with van der Waals surface area (Å²) in [5.74, 6) is 1.04. The molecule has 24 heavy (non-hydrogen) atoms. The Kier molecular flexibility index (Phi) is 6.44. The van der Waals surface area contributed by atoms with Crippen LogP contribution >= 0.6 is 15.9 Å². The topological polar surface area (TPSA) is 47.6 Å². The SMILES string of the molecule is CCc1ccccc1NC(=O)C=Cc1cc(Br)c(OC)c(OC)c1. The second kappa shape index (κ2) is 8.55. The fraction of sp³-hybridized carbons (Fsp3) is 0.211. The molecule has 0 fully saturated rings. The monoisotopic (exact) mass is 389 g/mol. The van der Waals surface area contributed by atoms with Crippen molar-refractivity contribution >= 4 is 33.6 Å². The summed E-state index contributed by atoms with van der Waals surface area (Å²) in [5, 5.41) is 2.90. The lowest BCUT2D eigenvalue weighted by Crippen LogP contribution is -2.09. The van der Waals surface area contributed by atoms with Crippen molar-refractivity contribution in [3.63, 3.8) is 0 Å². The number of ether oxygens (including phenoxy) is 2. The van der Waals surface area contributed by atoms with Gasteiger partial charge in [-0.3, -0.25) is 4.79 Å². The number of aryl methyl sites for hydroxylation is 1. The number of hydrogen-bond donors (Lipinski definition) is 1. The van der Waals surface area contributed by atoms with E-state index in [0.29, 0.717) is 11.5 Å². The van der Waals surface area contributed by atoms with Gasteiger partial charge in [0, 0.05) is 11.8 Å². The van der Waals surface area contributed by atoms with Crippen molar-refractivity contribution in [1.29, 1.82) is 0 Å². The van der Waals surface area contributed by atoms with Crippen LogP contribution in [-0.4, -0.2) is 20.1 Å². The predicted molar refractivity (Wildman–Crippen MR) is 101 cm³/mol. The Labute approximate surface area is 150 Å². The molecule has 0 aliphatic rings. The highest BCUT2D eigenvalue weighted by atomic mass is 79.9.